The van der Waals surface area contributed by atoms with Gasteiger partial charge in [0.15, 0.2) is 6.10 Å². The second-order valence-corrected chi connectivity index (χ2v) is 15.7. The molecule has 0 aliphatic carbocycles. The number of carbonyl (C=O) groups excluding carboxylic acids is 3. The van der Waals surface area contributed by atoms with Crippen molar-refractivity contribution in [3.8, 4) is 0 Å². The van der Waals surface area contributed by atoms with Gasteiger partial charge in [0, 0.05) is 19.3 Å². The maximum atomic E-state index is 12.6. The number of allylic oxidation sites excluding steroid dienone is 6. The van der Waals surface area contributed by atoms with E-state index in [1.54, 1.807) is 0 Å². The summed E-state index contributed by atoms with van der Waals surface area (Å²) in [4.78, 5) is 37.5. The molecule has 0 saturated carbocycles. The molecule has 1 atom stereocenters. The third-order valence-electron chi connectivity index (χ3n) is 10.1. The quantitative estimate of drug-likeness (QED) is 0.0266. The van der Waals surface area contributed by atoms with Crippen LogP contribution in [0.5, 0.6) is 0 Å². The van der Waals surface area contributed by atoms with Crippen molar-refractivity contribution in [1.29, 1.82) is 0 Å². The third-order valence-corrected chi connectivity index (χ3v) is 10.1. The van der Waals surface area contributed by atoms with Gasteiger partial charge in [-0.3, -0.25) is 14.4 Å². The maximum absolute atomic E-state index is 12.6. The van der Waals surface area contributed by atoms with Crippen LogP contribution in [0.3, 0.4) is 0 Å². The first-order valence-corrected chi connectivity index (χ1v) is 23.5. The number of esters is 3. The minimum atomic E-state index is -0.769. The van der Waals surface area contributed by atoms with E-state index in [1.807, 2.05) is 0 Å². The predicted octanol–water partition coefficient (Wildman–Crippen LogP) is 15.0. The van der Waals surface area contributed by atoms with Gasteiger partial charge in [-0.2, -0.15) is 0 Å². The average molecular weight is 773 g/mol. The van der Waals surface area contributed by atoms with E-state index >= 15 is 0 Å². The summed E-state index contributed by atoms with van der Waals surface area (Å²) in [5, 5.41) is 0. The Hall–Kier alpha value is -2.37. The van der Waals surface area contributed by atoms with Gasteiger partial charge >= 0.3 is 17.9 Å². The number of unbranched alkanes of at least 4 members (excludes halogenated alkanes) is 25. The van der Waals surface area contributed by atoms with E-state index in [-0.39, 0.29) is 31.1 Å². The lowest BCUT2D eigenvalue weighted by atomic mass is 10.1. The van der Waals surface area contributed by atoms with Crippen LogP contribution in [0.15, 0.2) is 36.5 Å². The number of rotatable bonds is 42. The Morgan fingerprint density at radius 1 is 0.364 bits per heavy atom. The van der Waals surface area contributed by atoms with E-state index in [0.717, 1.165) is 77.0 Å². The van der Waals surface area contributed by atoms with Gasteiger partial charge in [-0.1, -0.05) is 198 Å². The summed E-state index contributed by atoms with van der Waals surface area (Å²) >= 11 is 0. The van der Waals surface area contributed by atoms with Crippen LogP contribution in [-0.4, -0.2) is 37.2 Å². The predicted molar refractivity (Wildman–Crippen MR) is 233 cm³/mol. The molecule has 0 aromatic rings. The fraction of sp³-hybridized carbons (Fsp3) is 0.816. The topological polar surface area (TPSA) is 78.9 Å². The van der Waals surface area contributed by atoms with Crippen molar-refractivity contribution in [1.82, 2.24) is 0 Å². The molecule has 0 spiro atoms. The van der Waals surface area contributed by atoms with E-state index in [0.29, 0.717) is 19.3 Å². The van der Waals surface area contributed by atoms with Crippen molar-refractivity contribution >= 4 is 17.9 Å². The molecule has 0 N–H and O–H groups in total. The molecule has 0 heterocycles. The molecule has 6 heteroatoms. The minimum Gasteiger partial charge on any atom is -0.462 e. The van der Waals surface area contributed by atoms with Crippen LogP contribution in [0.4, 0.5) is 0 Å². The lowest BCUT2D eigenvalue weighted by molar-refractivity contribution is -0.167. The highest BCUT2D eigenvalue weighted by Crippen LogP contribution is 2.14. The molecular weight excluding hydrogens is 685 g/mol. The molecule has 0 radical (unpaired) electrons. The molecule has 0 bridgehead atoms. The molecule has 55 heavy (non-hydrogen) atoms. The second-order valence-electron chi connectivity index (χ2n) is 15.7. The van der Waals surface area contributed by atoms with E-state index in [9.17, 15) is 14.4 Å². The van der Waals surface area contributed by atoms with Crippen molar-refractivity contribution < 1.29 is 28.6 Å². The fourth-order valence-corrected chi connectivity index (χ4v) is 6.57. The van der Waals surface area contributed by atoms with Crippen LogP contribution in [0.1, 0.15) is 239 Å². The SMILES string of the molecule is CCCCCCC/C=C\C/C=C\C/C=C\CCCCCCCCC(=O)OCC(COC(=O)CCCCCCCCC)OC(=O)CCCCCCCCCCC. The summed E-state index contributed by atoms with van der Waals surface area (Å²) in [6.07, 6.45) is 50.0. The highest BCUT2D eigenvalue weighted by atomic mass is 16.6. The van der Waals surface area contributed by atoms with Crippen molar-refractivity contribution in [2.24, 2.45) is 0 Å². The molecule has 320 valence electrons. The van der Waals surface area contributed by atoms with Gasteiger partial charge in [0.25, 0.3) is 0 Å². The Bertz CT molecular complexity index is 938. The lowest BCUT2D eigenvalue weighted by Gasteiger charge is -2.18. The molecule has 0 amide bonds. The first kappa shape index (κ1) is 52.6. The number of carbonyl (C=O) groups is 3. The van der Waals surface area contributed by atoms with Gasteiger partial charge in [-0.25, -0.2) is 0 Å². The molecule has 0 aliphatic rings. The van der Waals surface area contributed by atoms with E-state index < -0.39 is 6.10 Å². The van der Waals surface area contributed by atoms with Gasteiger partial charge < -0.3 is 14.2 Å². The summed E-state index contributed by atoms with van der Waals surface area (Å²) in [6, 6.07) is 0. The number of hydrogen-bond acceptors (Lipinski definition) is 6. The molecule has 1 unspecified atom stereocenters. The fourth-order valence-electron chi connectivity index (χ4n) is 6.57. The van der Waals surface area contributed by atoms with Crippen LogP contribution >= 0.6 is 0 Å². The Labute approximate surface area is 340 Å². The summed E-state index contributed by atoms with van der Waals surface area (Å²) < 4.78 is 16.6. The second kappa shape index (κ2) is 44.3. The zero-order valence-corrected chi connectivity index (χ0v) is 36.4. The Morgan fingerprint density at radius 2 is 0.655 bits per heavy atom. The van der Waals surface area contributed by atoms with E-state index in [4.69, 9.17) is 14.2 Å². The van der Waals surface area contributed by atoms with Crippen molar-refractivity contribution in [2.45, 2.75) is 245 Å². The zero-order chi connectivity index (χ0) is 40.1. The molecule has 0 aromatic heterocycles. The maximum Gasteiger partial charge on any atom is 0.306 e. The van der Waals surface area contributed by atoms with Crippen molar-refractivity contribution in [3.05, 3.63) is 36.5 Å². The van der Waals surface area contributed by atoms with Crippen LogP contribution in [0.25, 0.3) is 0 Å². The summed E-state index contributed by atoms with van der Waals surface area (Å²) in [5.41, 5.74) is 0. The van der Waals surface area contributed by atoms with Crippen molar-refractivity contribution in [2.75, 3.05) is 13.2 Å². The number of hydrogen-bond donors (Lipinski definition) is 0. The van der Waals surface area contributed by atoms with Crippen LogP contribution in [-0.2, 0) is 28.6 Å². The molecule has 0 fully saturated rings. The van der Waals surface area contributed by atoms with Crippen LogP contribution in [0, 0.1) is 0 Å². The van der Waals surface area contributed by atoms with Gasteiger partial charge in [-0.15, -0.1) is 0 Å². The Balaban J connectivity index is 4.20. The van der Waals surface area contributed by atoms with Crippen molar-refractivity contribution in [3.63, 3.8) is 0 Å². The molecule has 6 nitrogen and oxygen atoms in total. The van der Waals surface area contributed by atoms with Gasteiger partial charge in [0.2, 0.25) is 0 Å². The average Bonchev–Trinajstić information content (AvgIpc) is 3.18. The molecular formula is C49H88O6. The standard InChI is InChI=1S/C49H88O6/c1-4-7-10-13-16-18-19-20-21-22-23-24-25-26-27-28-29-31-33-36-39-42-48(51)54-45-46(44-53-47(50)41-38-35-32-15-12-9-6-3)55-49(52)43-40-37-34-30-17-14-11-8-5-2/h19-20,22-23,25-26,46H,4-18,21,24,27-45H2,1-3H3/b20-19-,23-22-,26-25-. The van der Waals surface area contributed by atoms with E-state index in [1.165, 1.54) is 122 Å². The summed E-state index contributed by atoms with van der Waals surface area (Å²) in [7, 11) is 0. The van der Waals surface area contributed by atoms with Crippen LogP contribution < -0.4 is 0 Å². The Morgan fingerprint density at radius 3 is 1.02 bits per heavy atom. The third kappa shape index (κ3) is 42.6. The first-order chi connectivity index (χ1) is 27.0. The zero-order valence-electron chi connectivity index (χ0n) is 36.4. The lowest BCUT2D eigenvalue weighted by Crippen LogP contribution is -2.30. The molecule has 0 aliphatic heterocycles. The highest BCUT2D eigenvalue weighted by molar-refractivity contribution is 5.71. The molecule has 0 aromatic carbocycles. The normalized spacial score (nSPS) is 12.3. The summed E-state index contributed by atoms with van der Waals surface area (Å²) in [6.45, 7) is 6.55. The molecule has 0 rings (SSSR count). The molecule has 0 saturated heterocycles. The number of ether oxygens (including phenoxy) is 3. The van der Waals surface area contributed by atoms with Crippen LogP contribution in [0.2, 0.25) is 0 Å². The van der Waals surface area contributed by atoms with Gasteiger partial charge in [0.1, 0.15) is 13.2 Å². The Kier molecular flexibility index (Phi) is 42.4. The smallest absolute Gasteiger partial charge is 0.306 e. The monoisotopic (exact) mass is 773 g/mol. The minimum absolute atomic E-state index is 0.0744. The highest BCUT2D eigenvalue weighted by Gasteiger charge is 2.19. The van der Waals surface area contributed by atoms with Gasteiger partial charge in [-0.05, 0) is 57.8 Å². The van der Waals surface area contributed by atoms with E-state index in [2.05, 4.69) is 57.2 Å². The first-order valence-electron chi connectivity index (χ1n) is 23.5. The largest absolute Gasteiger partial charge is 0.462 e. The summed E-state index contributed by atoms with van der Waals surface area (Å²) in [5.74, 6) is -0.894. The van der Waals surface area contributed by atoms with Gasteiger partial charge in [0.05, 0.1) is 0 Å².